The van der Waals surface area contributed by atoms with Gasteiger partial charge in [0.05, 0.1) is 20.3 Å². The number of aromatic nitrogens is 3. The van der Waals surface area contributed by atoms with E-state index in [9.17, 15) is 4.79 Å². The fourth-order valence-corrected chi connectivity index (χ4v) is 3.15. The number of benzene rings is 1. The summed E-state index contributed by atoms with van der Waals surface area (Å²) in [6.45, 7) is 3.27. The smallest absolute Gasteiger partial charge is 0.254 e. The minimum Gasteiger partial charge on any atom is -0.496 e. The SMILES string of the molecule is COc1cc(C(=O)N2CCC[C@H](n3cncn3)C2)cc(OC)c1C. The second-order valence-corrected chi connectivity index (χ2v) is 5.93. The summed E-state index contributed by atoms with van der Waals surface area (Å²) in [5.74, 6) is 1.29. The molecule has 0 saturated carbocycles. The molecule has 3 rings (SSSR count). The zero-order valence-corrected chi connectivity index (χ0v) is 14.2. The maximum Gasteiger partial charge on any atom is 0.254 e. The predicted molar refractivity (Wildman–Crippen MR) is 88.5 cm³/mol. The number of hydrogen-bond donors (Lipinski definition) is 0. The molecule has 7 nitrogen and oxygen atoms in total. The lowest BCUT2D eigenvalue weighted by atomic mass is 10.0. The number of rotatable bonds is 4. The second-order valence-electron chi connectivity index (χ2n) is 5.93. The van der Waals surface area contributed by atoms with Crippen LogP contribution in [0.3, 0.4) is 0 Å². The van der Waals surface area contributed by atoms with Crippen molar-refractivity contribution in [2.24, 2.45) is 0 Å². The van der Waals surface area contributed by atoms with E-state index in [4.69, 9.17) is 9.47 Å². The average Bonchev–Trinajstić information content (AvgIpc) is 3.16. The minimum absolute atomic E-state index is 0.0172. The van der Waals surface area contributed by atoms with Gasteiger partial charge in [-0.2, -0.15) is 5.10 Å². The summed E-state index contributed by atoms with van der Waals surface area (Å²) in [4.78, 5) is 18.8. The topological polar surface area (TPSA) is 69.5 Å². The molecule has 0 unspecified atom stereocenters. The van der Waals surface area contributed by atoms with Crippen molar-refractivity contribution in [3.8, 4) is 11.5 Å². The van der Waals surface area contributed by atoms with Crippen molar-refractivity contribution in [1.82, 2.24) is 19.7 Å². The molecule has 128 valence electrons. The average molecular weight is 330 g/mol. The molecular weight excluding hydrogens is 308 g/mol. The minimum atomic E-state index is -0.0172. The van der Waals surface area contributed by atoms with Crippen LogP contribution in [0.1, 0.15) is 34.8 Å². The maximum atomic E-state index is 12.9. The van der Waals surface area contributed by atoms with Crippen LogP contribution in [0.4, 0.5) is 0 Å². The predicted octanol–water partition coefficient (Wildman–Crippen LogP) is 2.08. The molecule has 0 aliphatic carbocycles. The summed E-state index contributed by atoms with van der Waals surface area (Å²) < 4.78 is 12.6. The monoisotopic (exact) mass is 330 g/mol. The van der Waals surface area contributed by atoms with Crippen molar-refractivity contribution in [3.63, 3.8) is 0 Å². The van der Waals surface area contributed by atoms with Gasteiger partial charge in [0, 0.05) is 24.2 Å². The van der Waals surface area contributed by atoms with Crippen LogP contribution in [-0.4, -0.2) is 52.9 Å². The molecule has 1 fully saturated rings. The number of carbonyl (C=O) groups excluding carboxylic acids is 1. The Morgan fingerprint density at radius 2 is 1.96 bits per heavy atom. The van der Waals surface area contributed by atoms with Crippen LogP contribution in [0, 0.1) is 6.92 Å². The zero-order valence-electron chi connectivity index (χ0n) is 14.2. The van der Waals surface area contributed by atoms with Gasteiger partial charge in [-0.1, -0.05) is 0 Å². The summed E-state index contributed by atoms with van der Waals surface area (Å²) in [7, 11) is 3.19. The molecule has 1 aromatic carbocycles. The lowest BCUT2D eigenvalue weighted by Gasteiger charge is -2.32. The highest BCUT2D eigenvalue weighted by atomic mass is 16.5. The molecule has 1 amide bonds. The lowest BCUT2D eigenvalue weighted by molar-refractivity contribution is 0.0672. The highest BCUT2D eigenvalue weighted by Crippen LogP contribution is 2.31. The third-order valence-corrected chi connectivity index (χ3v) is 4.49. The molecule has 0 radical (unpaired) electrons. The largest absolute Gasteiger partial charge is 0.496 e. The number of methoxy groups -OCH3 is 2. The first-order valence-corrected chi connectivity index (χ1v) is 8.00. The number of carbonyl (C=O) groups is 1. The highest BCUT2D eigenvalue weighted by Gasteiger charge is 2.27. The Morgan fingerprint density at radius 3 is 2.54 bits per heavy atom. The zero-order chi connectivity index (χ0) is 17.1. The molecule has 1 aliphatic rings. The first kappa shape index (κ1) is 16.3. The van der Waals surface area contributed by atoms with Gasteiger partial charge in [-0.05, 0) is 31.9 Å². The van der Waals surface area contributed by atoms with E-state index in [1.165, 1.54) is 6.33 Å². The van der Waals surface area contributed by atoms with Gasteiger partial charge < -0.3 is 14.4 Å². The molecule has 1 atom stereocenters. The van der Waals surface area contributed by atoms with Crippen LogP contribution < -0.4 is 9.47 Å². The van der Waals surface area contributed by atoms with E-state index < -0.39 is 0 Å². The van der Waals surface area contributed by atoms with E-state index in [2.05, 4.69) is 10.1 Å². The van der Waals surface area contributed by atoms with Gasteiger partial charge >= 0.3 is 0 Å². The maximum absolute atomic E-state index is 12.9. The van der Waals surface area contributed by atoms with Gasteiger partial charge in [0.1, 0.15) is 24.2 Å². The first-order valence-electron chi connectivity index (χ1n) is 8.00. The molecular formula is C17H22N4O3. The van der Waals surface area contributed by atoms with E-state index >= 15 is 0 Å². The van der Waals surface area contributed by atoms with Crippen LogP contribution in [0.2, 0.25) is 0 Å². The molecule has 1 aromatic heterocycles. The van der Waals surface area contributed by atoms with Crippen molar-refractivity contribution in [3.05, 3.63) is 35.9 Å². The van der Waals surface area contributed by atoms with Crippen LogP contribution in [0.5, 0.6) is 11.5 Å². The lowest BCUT2D eigenvalue weighted by Crippen LogP contribution is -2.40. The van der Waals surface area contributed by atoms with E-state index in [0.717, 1.165) is 24.9 Å². The van der Waals surface area contributed by atoms with E-state index in [1.807, 2.05) is 16.5 Å². The normalized spacial score (nSPS) is 17.6. The van der Waals surface area contributed by atoms with E-state index in [-0.39, 0.29) is 11.9 Å². The van der Waals surface area contributed by atoms with E-state index in [1.54, 1.807) is 32.7 Å². The molecule has 1 aliphatic heterocycles. The summed E-state index contributed by atoms with van der Waals surface area (Å²) in [6, 6.07) is 3.72. The Balaban J connectivity index is 1.83. The third kappa shape index (κ3) is 3.06. The standard InChI is InChI=1S/C17H22N4O3/c1-12-15(23-2)7-13(8-16(12)24-3)17(22)20-6-4-5-14(9-20)21-11-18-10-19-21/h7-8,10-11,14H,4-6,9H2,1-3H3/t14-/m0/s1. The number of likely N-dealkylation sites (tertiary alicyclic amines) is 1. The summed E-state index contributed by atoms with van der Waals surface area (Å²) in [5.41, 5.74) is 1.46. The Labute approximate surface area is 141 Å². The van der Waals surface area contributed by atoms with E-state index in [0.29, 0.717) is 23.6 Å². The molecule has 2 heterocycles. The van der Waals surface area contributed by atoms with Crippen LogP contribution in [0.15, 0.2) is 24.8 Å². The second kappa shape index (κ2) is 6.90. The first-order chi connectivity index (χ1) is 11.6. The van der Waals surface area contributed by atoms with Crippen LogP contribution >= 0.6 is 0 Å². The van der Waals surface area contributed by atoms with Gasteiger partial charge in [-0.15, -0.1) is 0 Å². The fourth-order valence-electron chi connectivity index (χ4n) is 3.15. The Bertz CT molecular complexity index is 690. The van der Waals surface area contributed by atoms with Gasteiger partial charge in [0.2, 0.25) is 0 Å². The molecule has 0 spiro atoms. The van der Waals surface area contributed by atoms with Crippen molar-refractivity contribution < 1.29 is 14.3 Å². The number of amides is 1. The van der Waals surface area contributed by atoms with Crippen molar-refractivity contribution >= 4 is 5.91 Å². The molecule has 0 bridgehead atoms. The Morgan fingerprint density at radius 1 is 1.25 bits per heavy atom. The van der Waals surface area contributed by atoms with Gasteiger partial charge in [-0.3, -0.25) is 4.79 Å². The van der Waals surface area contributed by atoms with Gasteiger partial charge in [-0.25, -0.2) is 9.67 Å². The van der Waals surface area contributed by atoms with Gasteiger partial charge in [0.25, 0.3) is 5.91 Å². The molecule has 7 heteroatoms. The highest BCUT2D eigenvalue weighted by molar-refractivity contribution is 5.95. The quantitative estimate of drug-likeness (QED) is 0.858. The van der Waals surface area contributed by atoms with Crippen molar-refractivity contribution in [2.45, 2.75) is 25.8 Å². The Hall–Kier alpha value is -2.57. The third-order valence-electron chi connectivity index (χ3n) is 4.49. The summed E-state index contributed by atoms with van der Waals surface area (Å²) >= 11 is 0. The number of piperidine rings is 1. The summed E-state index contributed by atoms with van der Waals surface area (Å²) in [6.07, 6.45) is 5.16. The molecule has 24 heavy (non-hydrogen) atoms. The van der Waals surface area contributed by atoms with Gasteiger partial charge in [0.15, 0.2) is 0 Å². The fraction of sp³-hybridized carbons (Fsp3) is 0.471. The number of ether oxygens (including phenoxy) is 2. The molecule has 1 saturated heterocycles. The van der Waals surface area contributed by atoms with Crippen molar-refractivity contribution in [1.29, 1.82) is 0 Å². The van der Waals surface area contributed by atoms with Crippen LogP contribution in [0.25, 0.3) is 0 Å². The molecule has 0 N–H and O–H groups in total. The molecule has 2 aromatic rings. The number of hydrogen-bond acceptors (Lipinski definition) is 5. The van der Waals surface area contributed by atoms with Crippen molar-refractivity contribution in [2.75, 3.05) is 27.3 Å². The summed E-state index contributed by atoms with van der Waals surface area (Å²) in [5, 5.41) is 4.20. The number of nitrogens with zero attached hydrogens (tertiary/aromatic N) is 4. The van der Waals surface area contributed by atoms with Crippen LogP contribution in [-0.2, 0) is 0 Å². The Kier molecular flexibility index (Phi) is 4.69.